The lowest BCUT2D eigenvalue weighted by Gasteiger charge is -1.98. The van der Waals surface area contributed by atoms with Crippen LogP contribution in [0.15, 0.2) is 35.8 Å². The normalized spacial score (nSPS) is 22.3. The van der Waals surface area contributed by atoms with Gasteiger partial charge in [0.15, 0.2) is 6.29 Å². The van der Waals surface area contributed by atoms with Crippen LogP contribution in [-0.4, -0.2) is 29.1 Å². The van der Waals surface area contributed by atoms with E-state index in [4.69, 9.17) is 5.21 Å². The average Bonchev–Trinajstić information content (AvgIpc) is 2.59. The van der Waals surface area contributed by atoms with Gasteiger partial charge in [0, 0.05) is 0 Å². The molecule has 0 aliphatic carbocycles. The molecule has 0 aromatic carbocycles. The van der Waals surface area contributed by atoms with Gasteiger partial charge in [-0.3, -0.25) is 4.79 Å². The first-order chi connectivity index (χ1) is 6.61. The predicted octanol–water partition coefficient (Wildman–Crippen LogP) is 0.512. The molecule has 5 heteroatoms. The van der Waals surface area contributed by atoms with Crippen LogP contribution in [0.5, 0.6) is 0 Å². The third-order valence-electron chi connectivity index (χ3n) is 1.76. The number of hydroxylamine groups is 1. The van der Waals surface area contributed by atoms with Crippen LogP contribution in [0.1, 0.15) is 0 Å². The number of allylic oxidation sites excluding steroid dienone is 2. The van der Waals surface area contributed by atoms with Crippen molar-refractivity contribution >= 4 is 12.1 Å². The molecule has 74 valence electrons. The molecule has 0 spiro atoms. The van der Waals surface area contributed by atoms with Crippen LogP contribution in [0.2, 0.25) is 0 Å². The average molecular weight is 197 g/mol. The number of rotatable bonds is 2. The molecule has 0 amide bonds. The van der Waals surface area contributed by atoms with Crippen molar-refractivity contribution < 1.29 is 19.1 Å². The van der Waals surface area contributed by atoms with Crippen molar-refractivity contribution in [1.82, 2.24) is 5.32 Å². The summed E-state index contributed by atoms with van der Waals surface area (Å²) in [5.74, 6) is -0.547. The Hall–Kier alpha value is -1.91. The molecule has 0 unspecified atom stereocenters. The van der Waals surface area contributed by atoms with E-state index >= 15 is 0 Å². The van der Waals surface area contributed by atoms with Crippen molar-refractivity contribution in [2.24, 2.45) is 0 Å². The van der Waals surface area contributed by atoms with Crippen molar-refractivity contribution in [1.29, 1.82) is 0 Å². The second kappa shape index (κ2) is 3.87. The van der Waals surface area contributed by atoms with Gasteiger partial charge in [-0.15, -0.1) is 0 Å². The summed E-state index contributed by atoms with van der Waals surface area (Å²) in [4.78, 5) is 10.5. The zero-order valence-corrected chi connectivity index (χ0v) is 7.62. The van der Waals surface area contributed by atoms with Gasteiger partial charge in [0.2, 0.25) is 0 Å². The van der Waals surface area contributed by atoms with Gasteiger partial charge in [-0.1, -0.05) is 11.3 Å². The molecule has 1 aliphatic heterocycles. The summed E-state index contributed by atoms with van der Waals surface area (Å²) in [6.45, 7) is 3.25. The lowest BCUT2D eigenvalue weighted by molar-refractivity contribution is -0.755. The number of carbonyl (C=O) groups is 1. The minimum absolute atomic E-state index is 0.0139. The van der Waals surface area contributed by atoms with Crippen LogP contribution >= 0.6 is 0 Å². The predicted molar refractivity (Wildman–Crippen MR) is 48.6 cm³/mol. The van der Waals surface area contributed by atoms with E-state index in [1.807, 2.05) is 0 Å². The highest BCUT2D eigenvalue weighted by atomic mass is 19.1. The monoisotopic (exact) mass is 197 g/mol. The van der Waals surface area contributed by atoms with Crippen LogP contribution in [0.25, 0.3) is 0 Å². The van der Waals surface area contributed by atoms with Crippen LogP contribution in [0.3, 0.4) is 0 Å². The van der Waals surface area contributed by atoms with Crippen LogP contribution in [-0.2, 0) is 4.79 Å². The number of hydrogen-bond acceptors (Lipinski definition) is 2. The zero-order valence-electron chi connectivity index (χ0n) is 7.62. The third kappa shape index (κ3) is 1.56. The minimum atomic E-state index is -0.663. The standard InChI is InChI=1S/C9H9FN2O2/c1-3-7(10)8-6(5-13)4-11-9(8)12(2)14/h3-5,14H,1H2,2H3/p+1/b8-7+. The van der Waals surface area contributed by atoms with Gasteiger partial charge >= 0.3 is 5.84 Å². The fraction of sp³-hybridized carbons (Fsp3) is 0.111. The summed E-state index contributed by atoms with van der Waals surface area (Å²) in [6.07, 6.45) is 2.79. The van der Waals surface area contributed by atoms with Gasteiger partial charge in [0.05, 0.1) is 11.8 Å². The van der Waals surface area contributed by atoms with Gasteiger partial charge in [0.25, 0.3) is 0 Å². The van der Waals surface area contributed by atoms with Crippen LogP contribution in [0.4, 0.5) is 4.39 Å². The number of amidine groups is 1. The van der Waals surface area contributed by atoms with Gasteiger partial charge < -0.3 is 5.21 Å². The van der Waals surface area contributed by atoms with E-state index in [9.17, 15) is 9.18 Å². The highest BCUT2D eigenvalue weighted by Gasteiger charge is 2.30. The van der Waals surface area contributed by atoms with E-state index in [1.165, 1.54) is 13.2 Å². The Morgan fingerprint density at radius 3 is 2.86 bits per heavy atom. The Labute approximate surface area is 80.3 Å². The fourth-order valence-electron chi connectivity index (χ4n) is 1.13. The van der Waals surface area contributed by atoms with Crippen molar-refractivity contribution in [3.8, 4) is 0 Å². The number of nitrogens with one attached hydrogen (secondary N) is 1. The second-order valence-electron chi connectivity index (χ2n) is 2.66. The Morgan fingerprint density at radius 1 is 1.79 bits per heavy atom. The third-order valence-corrected chi connectivity index (χ3v) is 1.76. The fourth-order valence-corrected chi connectivity index (χ4v) is 1.13. The Balaban J connectivity index is 3.32. The van der Waals surface area contributed by atoms with Crippen LogP contribution in [0, 0.1) is 0 Å². The maximum absolute atomic E-state index is 13.2. The summed E-state index contributed by atoms with van der Waals surface area (Å²) in [7, 11) is 1.32. The lowest BCUT2D eigenvalue weighted by Crippen LogP contribution is -2.25. The summed E-state index contributed by atoms with van der Waals surface area (Å²) in [6, 6.07) is 0. The second-order valence-corrected chi connectivity index (χ2v) is 2.66. The summed E-state index contributed by atoms with van der Waals surface area (Å²) < 4.78 is 13.9. The molecule has 0 saturated heterocycles. The Kier molecular flexibility index (Phi) is 2.81. The van der Waals surface area contributed by atoms with Gasteiger partial charge in [0.1, 0.15) is 18.4 Å². The lowest BCUT2D eigenvalue weighted by atomic mass is 10.1. The highest BCUT2D eigenvalue weighted by Crippen LogP contribution is 2.20. The van der Waals surface area contributed by atoms with Crippen LogP contribution < -0.4 is 5.32 Å². The number of hydrogen-bond donors (Lipinski definition) is 2. The summed E-state index contributed by atoms with van der Waals surface area (Å²) >= 11 is 0. The molecule has 4 nitrogen and oxygen atoms in total. The first-order valence-electron chi connectivity index (χ1n) is 3.86. The summed E-state index contributed by atoms with van der Waals surface area (Å²) in [5.41, 5.74) is 0.151. The largest absolute Gasteiger partial charge is 0.355 e. The van der Waals surface area contributed by atoms with E-state index in [0.29, 0.717) is 11.0 Å². The molecular formula is C9H10FN2O2+. The maximum atomic E-state index is 13.2. The molecule has 2 N–H and O–H groups in total. The molecule has 0 saturated carbocycles. The van der Waals surface area contributed by atoms with Gasteiger partial charge in [-0.25, -0.2) is 9.71 Å². The quantitative estimate of drug-likeness (QED) is 0.293. The maximum Gasteiger partial charge on any atom is 0.323 e. The van der Waals surface area contributed by atoms with Crippen molar-refractivity contribution in [3.63, 3.8) is 0 Å². The Bertz CT molecular complexity index is 376. The number of aldehydes is 1. The molecule has 1 aliphatic rings. The molecule has 0 atom stereocenters. The van der Waals surface area contributed by atoms with Crippen molar-refractivity contribution in [2.75, 3.05) is 7.05 Å². The minimum Gasteiger partial charge on any atom is -0.355 e. The van der Waals surface area contributed by atoms with E-state index < -0.39 is 5.83 Å². The number of halogens is 1. The molecule has 0 aromatic heterocycles. The van der Waals surface area contributed by atoms with Gasteiger partial charge in [-0.2, -0.15) is 0 Å². The zero-order chi connectivity index (χ0) is 10.7. The molecule has 0 fully saturated rings. The van der Waals surface area contributed by atoms with Gasteiger partial charge in [-0.05, 0) is 6.08 Å². The molecular weight excluding hydrogens is 187 g/mol. The molecule has 14 heavy (non-hydrogen) atoms. The SMILES string of the molecule is C=C/C(F)=C1/C(C=O)=CN/C1=[N+](/C)O. The van der Waals surface area contributed by atoms with E-state index in [-0.39, 0.29) is 17.0 Å². The van der Waals surface area contributed by atoms with Crippen molar-refractivity contribution in [2.45, 2.75) is 0 Å². The molecule has 1 rings (SSSR count). The number of carbonyl (C=O) groups excluding carboxylic acids is 1. The van der Waals surface area contributed by atoms with E-state index in [0.717, 1.165) is 6.08 Å². The van der Waals surface area contributed by atoms with E-state index in [1.54, 1.807) is 0 Å². The molecule has 0 radical (unpaired) electrons. The van der Waals surface area contributed by atoms with E-state index in [2.05, 4.69) is 11.9 Å². The first-order valence-corrected chi connectivity index (χ1v) is 3.86. The molecule has 0 bridgehead atoms. The first kappa shape index (κ1) is 10.2. The smallest absolute Gasteiger partial charge is 0.323 e. The topological polar surface area (TPSA) is 52.3 Å². The van der Waals surface area contributed by atoms with Crippen molar-refractivity contribution in [3.05, 3.63) is 35.8 Å². The molecule has 0 aromatic rings. The summed E-state index contributed by atoms with van der Waals surface area (Å²) in [5, 5.41) is 11.7. The highest BCUT2D eigenvalue weighted by molar-refractivity contribution is 6.10. The molecule has 1 heterocycles. The number of nitrogens with zero attached hydrogens (tertiary/aromatic N) is 1. The Morgan fingerprint density at radius 2 is 2.43 bits per heavy atom.